The van der Waals surface area contributed by atoms with Crippen LogP contribution in [-0.2, 0) is 11.2 Å². The number of rotatable bonds is 5. The molecule has 3 nitrogen and oxygen atoms in total. The zero-order valence-electron chi connectivity index (χ0n) is 10.6. The summed E-state index contributed by atoms with van der Waals surface area (Å²) in [6, 6.07) is 6.44. The first-order valence-corrected chi connectivity index (χ1v) is 6.87. The van der Waals surface area contributed by atoms with Gasteiger partial charge < -0.3 is 10.6 Å². The number of fused-ring (bicyclic) bond motifs is 1. The largest absolute Gasteiger partial charge is 0.356 e. The first-order chi connectivity index (χ1) is 8.70. The van der Waals surface area contributed by atoms with Crippen LogP contribution in [-0.4, -0.2) is 19.0 Å². The van der Waals surface area contributed by atoms with Crippen molar-refractivity contribution in [2.75, 3.05) is 13.1 Å². The predicted molar refractivity (Wildman–Crippen MR) is 73.8 cm³/mol. The minimum Gasteiger partial charge on any atom is -0.356 e. The van der Waals surface area contributed by atoms with Crippen molar-refractivity contribution >= 4 is 17.5 Å². The van der Waals surface area contributed by atoms with E-state index in [0.717, 1.165) is 24.4 Å². The Morgan fingerprint density at radius 1 is 1.50 bits per heavy atom. The van der Waals surface area contributed by atoms with Crippen molar-refractivity contribution < 1.29 is 4.79 Å². The summed E-state index contributed by atoms with van der Waals surface area (Å²) in [5.74, 6) is 0.110. The second-order valence-electron chi connectivity index (χ2n) is 4.59. The Labute approximate surface area is 113 Å². The standard InChI is InChI=1S/C14H19ClN2O/c1-2-16-14(18)7-8-17-13-6-3-10-9-11(15)4-5-12(10)13/h4-5,9,13,17H,2-3,6-8H2,1H3,(H,16,18). The van der Waals surface area contributed by atoms with Gasteiger partial charge in [0.1, 0.15) is 0 Å². The van der Waals surface area contributed by atoms with Gasteiger partial charge >= 0.3 is 0 Å². The molecule has 0 spiro atoms. The molecular weight excluding hydrogens is 248 g/mol. The van der Waals surface area contributed by atoms with E-state index in [1.807, 2.05) is 19.1 Å². The molecule has 98 valence electrons. The highest BCUT2D eigenvalue weighted by Gasteiger charge is 2.21. The lowest BCUT2D eigenvalue weighted by Gasteiger charge is -2.13. The molecule has 0 radical (unpaired) electrons. The van der Waals surface area contributed by atoms with E-state index in [9.17, 15) is 4.79 Å². The Bertz CT molecular complexity index is 434. The van der Waals surface area contributed by atoms with Gasteiger partial charge in [-0.3, -0.25) is 4.79 Å². The van der Waals surface area contributed by atoms with Crippen LogP contribution in [0.2, 0.25) is 5.02 Å². The number of hydrogen-bond acceptors (Lipinski definition) is 2. The number of aryl methyl sites for hydroxylation is 1. The monoisotopic (exact) mass is 266 g/mol. The Morgan fingerprint density at radius 3 is 3.11 bits per heavy atom. The molecule has 0 saturated heterocycles. The Morgan fingerprint density at radius 2 is 2.33 bits per heavy atom. The van der Waals surface area contributed by atoms with Crippen LogP contribution < -0.4 is 10.6 Å². The number of amides is 1. The Kier molecular flexibility index (Phi) is 4.61. The lowest BCUT2D eigenvalue weighted by atomic mass is 10.1. The molecule has 0 aliphatic heterocycles. The third kappa shape index (κ3) is 3.24. The summed E-state index contributed by atoms with van der Waals surface area (Å²) in [6.07, 6.45) is 2.69. The summed E-state index contributed by atoms with van der Waals surface area (Å²) in [5.41, 5.74) is 2.66. The van der Waals surface area contributed by atoms with Crippen LogP contribution in [0.5, 0.6) is 0 Å². The summed E-state index contributed by atoms with van der Waals surface area (Å²) < 4.78 is 0. The maximum absolute atomic E-state index is 11.3. The lowest BCUT2D eigenvalue weighted by molar-refractivity contribution is -0.120. The third-order valence-corrected chi connectivity index (χ3v) is 3.53. The number of nitrogens with one attached hydrogen (secondary N) is 2. The van der Waals surface area contributed by atoms with E-state index in [-0.39, 0.29) is 5.91 Å². The first kappa shape index (κ1) is 13.4. The maximum Gasteiger partial charge on any atom is 0.221 e. The number of benzene rings is 1. The molecule has 0 bridgehead atoms. The molecule has 1 aliphatic carbocycles. The fraction of sp³-hybridized carbons (Fsp3) is 0.500. The van der Waals surface area contributed by atoms with Crippen LogP contribution in [0.15, 0.2) is 18.2 Å². The highest BCUT2D eigenvalue weighted by atomic mass is 35.5. The van der Waals surface area contributed by atoms with Crippen molar-refractivity contribution in [3.63, 3.8) is 0 Å². The number of carbonyl (C=O) groups is 1. The van der Waals surface area contributed by atoms with E-state index in [4.69, 9.17) is 11.6 Å². The van der Waals surface area contributed by atoms with E-state index >= 15 is 0 Å². The molecule has 1 atom stereocenters. The van der Waals surface area contributed by atoms with Crippen molar-refractivity contribution in [3.8, 4) is 0 Å². The van der Waals surface area contributed by atoms with Gasteiger partial charge in [-0.05, 0) is 43.0 Å². The highest BCUT2D eigenvalue weighted by Crippen LogP contribution is 2.32. The molecule has 1 aromatic carbocycles. The summed E-state index contributed by atoms with van der Waals surface area (Å²) in [7, 11) is 0. The molecule has 18 heavy (non-hydrogen) atoms. The van der Waals surface area contributed by atoms with E-state index in [2.05, 4.69) is 16.7 Å². The Hall–Kier alpha value is -1.06. The van der Waals surface area contributed by atoms with Crippen molar-refractivity contribution in [3.05, 3.63) is 34.3 Å². The first-order valence-electron chi connectivity index (χ1n) is 6.49. The number of carbonyl (C=O) groups excluding carboxylic acids is 1. The molecule has 1 unspecified atom stereocenters. The fourth-order valence-corrected chi connectivity index (χ4v) is 2.64. The van der Waals surface area contributed by atoms with Crippen LogP contribution in [0.4, 0.5) is 0 Å². The zero-order chi connectivity index (χ0) is 13.0. The Balaban J connectivity index is 1.85. The summed E-state index contributed by atoms with van der Waals surface area (Å²) in [6.45, 7) is 3.35. The van der Waals surface area contributed by atoms with Crippen molar-refractivity contribution in [2.24, 2.45) is 0 Å². The topological polar surface area (TPSA) is 41.1 Å². The van der Waals surface area contributed by atoms with Gasteiger partial charge in [0.15, 0.2) is 0 Å². The molecule has 0 saturated carbocycles. The summed E-state index contributed by atoms with van der Waals surface area (Å²) >= 11 is 5.98. The van der Waals surface area contributed by atoms with Gasteiger partial charge in [0.2, 0.25) is 5.91 Å². The molecule has 4 heteroatoms. The number of hydrogen-bond donors (Lipinski definition) is 2. The minimum absolute atomic E-state index is 0.110. The van der Waals surface area contributed by atoms with E-state index in [1.54, 1.807) is 0 Å². The van der Waals surface area contributed by atoms with Crippen LogP contribution in [0.25, 0.3) is 0 Å². The fourth-order valence-electron chi connectivity index (χ4n) is 2.44. The van der Waals surface area contributed by atoms with Crippen molar-refractivity contribution in [1.29, 1.82) is 0 Å². The van der Waals surface area contributed by atoms with Crippen LogP contribution in [0.3, 0.4) is 0 Å². The second kappa shape index (κ2) is 6.21. The smallest absolute Gasteiger partial charge is 0.221 e. The van der Waals surface area contributed by atoms with Crippen LogP contribution in [0, 0.1) is 0 Å². The molecular formula is C14H19ClN2O. The van der Waals surface area contributed by atoms with Gasteiger partial charge in [-0.25, -0.2) is 0 Å². The maximum atomic E-state index is 11.3. The second-order valence-corrected chi connectivity index (χ2v) is 5.03. The molecule has 1 aromatic rings. The minimum atomic E-state index is 0.110. The number of halogens is 1. The molecule has 1 amide bonds. The third-order valence-electron chi connectivity index (χ3n) is 3.30. The van der Waals surface area contributed by atoms with Gasteiger partial charge in [0.05, 0.1) is 0 Å². The normalized spacial score (nSPS) is 17.6. The van der Waals surface area contributed by atoms with Crippen LogP contribution >= 0.6 is 11.6 Å². The van der Waals surface area contributed by atoms with Gasteiger partial charge in [-0.2, -0.15) is 0 Å². The van der Waals surface area contributed by atoms with Gasteiger partial charge in [-0.1, -0.05) is 17.7 Å². The molecule has 2 rings (SSSR count). The van der Waals surface area contributed by atoms with E-state index in [1.165, 1.54) is 11.1 Å². The van der Waals surface area contributed by atoms with Crippen molar-refractivity contribution in [2.45, 2.75) is 32.2 Å². The quantitative estimate of drug-likeness (QED) is 0.860. The van der Waals surface area contributed by atoms with Crippen molar-refractivity contribution in [1.82, 2.24) is 10.6 Å². The average molecular weight is 267 g/mol. The average Bonchev–Trinajstić information content (AvgIpc) is 2.72. The molecule has 0 heterocycles. The molecule has 0 fully saturated rings. The SMILES string of the molecule is CCNC(=O)CCNC1CCc2cc(Cl)ccc21. The predicted octanol–water partition coefficient (Wildman–Crippen LogP) is 2.44. The van der Waals surface area contributed by atoms with Gasteiger partial charge in [-0.15, -0.1) is 0 Å². The van der Waals surface area contributed by atoms with E-state index in [0.29, 0.717) is 19.0 Å². The van der Waals surface area contributed by atoms with Crippen LogP contribution in [0.1, 0.15) is 36.9 Å². The lowest BCUT2D eigenvalue weighted by Crippen LogP contribution is -2.28. The van der Waals surface area contributed by atoms with E-state index < -0.39 is 0 Å². The summed E-state index contributed by atoms with van der Waals surface area (Å²) in [5, 5.41) is 7.05. The van der Waals surface area contributed by atoms with Gasteiger partial charge in [0, 0.05) is 30.6 Å². The zero-order valence-corrected chi connectivity index (χ0v) is 11.4. The van der Waals surface area contributed by atoms with Gasteiger partial charge in [0.25, 0.3) is 0 Å². The molecule has 2 N–H and O–H groups in total. The summed E-state index contributed by atoms with van der Waals surface area (Å²) in [4.78, 5) is 11.3. The molecule has 0 aromatic heterocycles. The molecule has 1 aliphatic rings. The highest BCUT2D eigenvalue weighted by molar-refractivity contribution is 6.30.